The predicted molar refractivity (Wildman–Crippen MR) is 126 cm³/mol. The van der Waals surface area contributed by atoms with E-state index in [9.17, 15) is 10.2 Å². The fourth-order valence-electron chi connectivity index (χ4n) is 5.10. The summed E-state index contributed by atoms with van der Waals surface area (Å²) in [6.45, 7) is 6.06. The molecule has 166 valence electrons. The molecule has 2 aliphatic heterocycles. The fourth-order valence-corrected chi connectivity index (χ4v) is 6.95. The van der Waals surface area contributed by atoms with E-state index >= 15 is 0 Å². The molecular weight excluding hydrogens is 412 g/mol. The van der Waals surface area contributed by atoms with E-state index in [-0.39, 0.29) is 0 Å². The molecule has 2 aromatic rings. The zero-order valence-electron chi connectivity index (χ0n) is 18.0. The molecule has 30 heavy (non-hydrogen) atoms. The number of rotatable bonds is 9. The summed E-state index contributed by atoms with van der Waals surface area (Å²) in [4.78, 5) is 6.69. The predicted octanol–water partition coefficient (Wildman–Crippen LogP) is 4.64. The van der Waals surface area contributed by atoms with Gasteiger partial charge in [-0.2, -0.15) is 0 Å². The van der Waals surface area contributed by atoms with Crippen LogP contribution in [-0.4, -0.2) is 59.3 Å². The summed E-state index contributed by atoms with van der Waals surface area (Å²) in [5.74, 6) is 0. The van der Waals surface area contributed by atoms with Gasteiger partial charge >= 0.3 is 0 Å². The number of hydrogen-bond acceptors (Lipinski definition) is 6. The van der Waals surface area contributed by atoms with Crippen LogP contribution >= 0.6 is 22.7 Å². The van der Waals surface area contributed by atoms with Gasteiger partial charge in [0.2, 0.25) is 0 Å². The first kappa shape index (κ1) is 22.4. The first-order chi connectivity index (χ1) is 14.6. The van der Waals surface area contributed by atoms with Crippen LogP contribution < -0.4 is 0 Å². The van der Waals surface area contributed by atoms with Crippen LogP contribution in [0.25, 0.3) is 0 Å². The molecule has 2 aliphatic rings. The molecule has 4 nitrogen and oxygen atoms in total. The third-order valence-electron chi connectivity index (χ3n) is 7.02. The number of piperidine rings is 2. The van der Waals surface area contributed by atoms with Crippen molar-refractivity contribution in [1.82, 2.24) is 9.80 Å². The van der Waals surface area contributed by atoms with Gasteiger partial charge in [-0.1, -0.05) is 25.0 Å². The molecule has 2 aromatic heterocycles. The quantitative estimate of drug-likeness (QED) is 0.587. The molecule has 2 saturated heterocycles. The Balaban J connectivity index is 1.60. The zero-order chi connectivity index (χ0) is 20.9. The van der Waals surface area contributed by atoms with Crippen LogP contribution in [0, 0.1) is 0 Å². The average Bonchev–Trinajstić information content (AvgIpc) is 3.52. The van der Waals surface area contributed by atoms with Gasteiger partial charge in [0.05, 0.1) is 0 Å². The molecule has 2 N–H and O–H groups in total. The zero-order valence-corrected chi connectivity index (χ0v) is 19.6. The Bertz CT molecular complexity index is 675. The van der Waals surface area contributed by atoms with Crippen molar-refractivity contribution in [2.24, 2.45) is 0 Å². The molecule has 0 aromatic carbocycles. The van der Waals surface area contributed by atoms with Gasteiger partial charge < -0.3 is 20.0 Å². The highest BCUT2D eigenvalue weighted by Crippen LogP contribution is 2.48. The second-order valence-corrected chi connectivity index (χ2v) is 10.9. The van der Waals surface area contributed by atoms with Crippen molar-refractivity contribution < 1.29 is 10.2 Å². The minimum atomic E-state index is -1.28. The van der Waals surface area contributed by atoms with Gasteiger partial charge in [-0.15, -0.1) is 22.7 Å². The Hall–Kier alpha value is -0.760. The standard InChI is InChI=1S/C24H36N2O2S2/c27-23(21-9-7-19-29-21,11-17-25-13-3-1-4-14-25)24(28,22-10-8-20-30-22)12-18-26-15-5-2-6-16-26/h7-10,19-20,27-28H,1-6,11-18H2/t23-,24+. The van der Waals surface area contributed by atoms with Gasteiger partial charge in [0, 0.05) is 22.8 Å². The Morgan fingerprint density at radius 1 is 0.667 bits per heavy atom. The highest BCUT2D eigenvalue weighted by molar-refractivity contribution is 7.10. The van der Waals surface area contributed by atoms with Crippen LogP contribution in [0.2, 0.25) is 0 Å². The monoisotopic (exact) mass is 448 g/mol. The molecule has 0 unspecified atom stereocenters. The molecule has 0 bridgehead atoms. The molecule has 0 radical (unpaired) electrons. The number of hydrogen-bond donors (Lipinski definition) is 2. The van der Waals surface area contributed by atoms with E-state index in [0.29, 0.717) is 12.8 Å². The van der Waals surface area contributed by atoms with E-state index in [1.807, 2.05) is 35.0 Å². The third-order valence-corrected chi connectivity index (χ3v) is 9.06. The third kappa shape index (κ3) is 4.84. The van der Waals surface area contributed by atoms with Crippen LogP contribution in [0.5, 0.6) is 0 Å². The van der Waals surface area contributed by atoms with E-state index in [1.54, 1.807) is 22.7 Å². The Labute approximate surface area is 189 Å². The lowest BCUT2D eigenvalue weighted by Gasteiger charge is -2.45. The smallest absolute Gasteiger partial charge is 0.133 e. The highest BCUT2D eigenvalue weighted by Gasteiger charge is 2.52. The minimum Gasteiger partial charge on any atom is -0.381 e. The molecule has 2 atom stereocenters. The normalized spacial score (nSPS) is 23.1. The topological polar surface area (TPSA) is 46.9 Å². The van der Waals surface area contributed by atoms with Gasteiger partial charge in [0.1, 0.15) is 11.2 Å². The molecule has 0 amide bonds. The average molecular weight is 449 g/mol. The maximum atomic E-state index is 12.2. The second kappa shape index (κ2) is 10.2. The van der Waals surface area contributed by atoms with Crippen LogP contribution in [0.4, 0.5) is 0 Å². The van der Waals surface area contributed by atoms with E-state index in [1.165, 1.54) is 38.5 Å². The van der Waals surface area contributed by atoms with Crippen molar-refractivity contribution in [1.29, 1.82) is 0 Å². The van der Waals surface area contributed by atoms with Crippen LogP contribution in [0.15, 0.2) is 35.0 Å². The van der Waals surface area contributed by atoms with Crippen LogP contribution in [0.1, 0.15) is 61.1 Å². The van der Waals surface area contributed by atoms with Crippen molar-refractivity contribution in [2.75, 3.05) is 39.3 Å². The Morgan fingerprint density at radius 2 is 1.07 bits per heavy atom. The largest absolute Gasteiger partial charge is 0.381 e. The molecule has 6 heteroatoms. The highest BCUT2D eigenvalue weighted by atomic mass is 32.1. The first-order valence-electron chi connectivity index (χ1n) is 11.6. The van der Waals surface area contributed by atoms with Crippen molar-refractivity contribution >= 4 is 22.7 Å². The molecule has 0 saturated carbocycles. The lowest BCUT2D eigenvalue weighted by atomic mass is 9.75. The van der Waals surface area contributed by atoms with Gasteiger partial charge in [-0.3, -0.25) is 0 Å². The number of nitrogens with zero attached hydrogens (tertiary/aromatic N) is 2. The van der Waals surface area contributed by atoms with Gasteiger partial charge in [-0.25, -0.2) is 0 Å². The van der Waals surface area contributed by atoms with E-state index in [2.05, 4.69) is 9.80 Å². The molecular formula is C24H36N2O2S2. The molecule has 4 rings (SSSR count). The summed E-state index contributed by atoms with van der Waals surface area (Å²) in [6.07, 6.45) is 8.68. The van der Waals surface area contributed by atoms with Gasteiger partial charge in [-0.05, 0) is 87.6 Å². The number of likely N-dealkylation sites (tertiary alicyclic amines) is 2. The molecule has 0 aliphatic carbocycles. The summed E-state index contributed by atoms with van der Waals surface area (Å²) in [6, 6.07) is 7.98. The number of thiophene rings is 2. The number of aliphatic hydroxyl groups is 2. The first-order valence-corrected chi connectivity index (χ1v) is 13.4. The van der Waals surface area contributed by atoms with Crippen molar-refractivity contribution in [3.63, 3.8) is 0 Å². The summed E-state index contributed by atoms with van der Waals surface area (Å²) in [7, 11) is 0. The summed E-state index contributed by atoms with van der Waals surface area (Å²) >= 11 is 3.13. The van der Waals surface area contributed by atoms with Gasteiger partial charge in [0.25, 0.3) is 0 Å². The molecule has 0 spiro atoms. The maximum absolute atomic E-state index is 12.2. The van der Waals surface area contributed by atoms with E-state index in [4.69, 9.17) is 0 Å². The van der Waals surface area contributed by atoms with Crippen molar-refractivity contribution in [3.05, 3.63) is 44.8 Å². The maximum Gasteiger partial charge on any atom is 0.133 e. The summed E-state index contributed by atoms with van der Waals surface area (Å²) < 4.78 is 0. The van der Waals surface area contributed by atoms with E-state index < -0.39 is 11.2 Å². The van der Waals surface area contributed by atoms with Crippen LogP contribution in [0.3, 0.4) is 0 Å². The van der Waals surface area contributed by atoms with Crippen molar-refractivity contribution in [3.8, 4) is 0 Å². The lowest BCUT2D eigenvalue weighted by Crippen LogP contribution is -2.52. The summed E-state index contributed by atoms with van der Waals surface area (Å²) in [5.41, 5.74) is -2.56. The van der Waals surface area contributed by atoms with E-state index in [0.717, 1.165) is 49.0 Å². The van der Waals surface area contributed by atoms with Crippen LogP contribution in [-0.2, 0) is 11.2 Å². The Kier molecular flexibility index (Phi) is 7.66. The second-order valence-electron chi connectivity index (χ2n) is 8.98. The minimum absolute atomic E-state index is 0.557. The lowest BCUT2D eigenvalue weighted by molar-refractivity contribution is -0.174. The summed E-state index contributed by atoms with van der Waals surface area (Å²) in [5, 5.41) is 28.5. The molecule has 4 heterocycles. The molecule has 2 fully saturated rings. The van der Waals surface area contributed by atoms with Gasteiger partial charge in [0.15, 0.2) is 0 Å². The SMILES string of the molecule is O[C@](CCN1CCCCC1)(c1cccs1)[C@](O)(CCN1CCCCC1)c1cccs1. The Morgan fingerprint density at radius 3 is 1.40 bits per heavy atom. The fraction of sp³-hybridized carbons (Fsp3) is 0.667. The van der Waals surface area contributed by atoms with Crippen molar-refractivity contribution in [2.45, 2.75) is 62.6 Å².